The van der Waals surface area contributed by atoms with Crippen molar-refractivity contribution in [2.45, 2.75) is 26.9 Å². The first kappa shape index (κ1) is 20.9. The van der Waals surface area contributed by atoms with Crippen molar-refractivity contribution in [3.63, 3.8) is 0 Å². The molecule has 6 nitrogen and oxygen atoms in total. The summed E-state index contributed by atoms with van der Waals surface area (Å²) in [7, 11) is 1.39. The second kappa shape index (κ2) is 8.54. The maximum Gasteiger partial charge on any atom is 0.337 e. The molecule has 2 heterocycles. The Labute approximate surface area is 192 Å². The Hall–Kier alpha value is -3.93. The number of esters is 1. The van der Waals surface area contributed by atoms with Crippen LogP contribution in [-0.4, -0.2) is 32.4 Å². The summed E-state index contributed by atoms with van der Waals surface area (Å²) in [4.78, 5) is 16.9. The molecule has 0 saturated carbocycles. The maximum atomic E-state index is 12.0. The van der Waals surface area contributed by atoms with Crippen molar-refractivity contribution in [2.75, 3.05) is 7.11 Å². The molecule has 0 saturated heterocycles. The highest BCUT2D eigenvalue weighted by Crippen LogP contribution is 2.29. The summed E-state index contributed by atoms with van der Waals surface area (Å²) in [5.74, 6) is 0.956. The average Bonchev–Trinajstić information content (AvgIpc) is 3.38. The van der Waals surface area contributed by atoms with Gasteiger partial charge in [0, 0.05) is 23.7 Å². The van der Waals surface area contributed by atoms with Crippen molar-refractivity contribution in [1.29, 1.82) is 0 Å². The molecule has 6 heteroatoms. The quantitative estimate of drug-likeness (QED) is 0.326. The Morgan fingerprint density at radius 3 is 2.58 bits per heavy atom. The predicted molar refractivity (Wildman–Crippen MR) is 130 cm³/mol. The van der Waals surface area contributed by atoms with Gasteiger partial charge >= 0.3 is 5.97 Å². The molecule has 0 aliphatic heterocycles. The fourth-order valence-corrected chi connectivity index (χ4v) is 4.20. The lowest BCUT2D eigenvalue weighted by Gasteiger charge is -2.12. The molecule has 0 fully saturated rings. The molecule has 5 aromatic rings. The Morgan fingerprint density at radius 1 is 1.00 bits per heavy atom. The number of ether oxygens (including phenoxy) is 1. The van der Waals surface area contributed by atoms with Crippen LogP contribution in [0, 0.1) is 5.92 Å². The van der Waals surface area contributed by atoms with Crippen molar-refractivity contribution >= 4 is 27.9 Å². The Balaban J connectivity index is 1.57. The van der Waals surface area contributed by atoms with E-state index in [1.165, 1.54) is 12.7 Å². The monoisotopic (exact) mass is 438 g/mol. The molecule has 3 aromatic carbocycles. The van der Waals surface area contributed by atoms with Crippen LogP contribution in [0.5, 0.6) is 0 Å². The number of fused-ring (bicyclic) bond motifs is 2. The van der Waals surface area contributed by atoms with E-state index in [0.29, 0.717) is 11.5 Å². The van der Waals surface area contributed by atoms with E-state index in [1.807, 2.05) is 28.9 Å². The zero-order chi connectivity index (χ0) is 22.9. The largest absolute Gasteiger partial charge is 0.465 e. The van der Waals surface area contributed by atoms with Crippen LogP contribution in [0.25, 0.3) is 33.3 Å². The zero-order valence-corrected chi connectivity index (χ0v) is 19.0. The number of carbonyl (C=O) groups is 1. The Bertz CT molecular complexity index is 1450. The smallest absolute Gasteiger partial charge is 0.337 e. The average molecular weight is 439 g/mol. The van der Waals surface area contributed by atoms with Gasteiger partial charge in [0.05, 0.1) is 35.8 Å². The van der Waals surface area contributed by atoms with Crippen LogP contribution >= 0.6 is 0 Å². The van der Waals surface area contributed by atoms with Gasteiger partial charge in [0.25, 0.3) is 0 Å². The van der Waals surface area contributed by atoms with Crippen LogP contribution in [0.4, 0.5) is 0 Å². The molecular formula is C27H26N4O2. The highest BCUT2D eigenvalue weighted by atomic mass is 16.5. The number of aromatic nitrogens is 4. The molecule has 5 rings (SSSR count). The van der Waals surface area contributed by atoms with Crippen LogP contribution in [-0.2, 0) is 17.8 Å². The van der Waals surface area contributed by atoms with Gasteiger partial charge in [-0.2, -0.15) is 5.10 Å². The Kier molecular flexibility index (Phi) is 5.42. The standard InChI is InChI=1S/C27H26N4O2/c1-18(2)15-31-25-12-11-21(27(32)33-3)14-24(25)28-26(31)20-9-10-22-17-30(29-23(22)13-20)16-19-7-5-4-6-8-19/h4-14,17-18H,15-16H2,1-3H3. The van der Waals surface area contributed by atoms with E-state index in [0.717, 1.165) is 46.4 Å². The van der Waals surface area contributed by atoms with E-state index in [2.05, 4.69) is 54.9 Å². The van der Waals surface area contributed by atoms with Gasteiger partial charge in [-0.3, -0.25) is 4.68 Å². The van der Waals surface area contributed by atoms with E-state index < -0.39 is 0 Å². The molecule has 33 heavy (non-hydrogen) atoms. The van der Waals surface area contributed by atoms with Gasteiger partial charge in [0.15, 0.2) is 0 Å². The maximum absolute atomic E-state index is 12.0. The number of rotatable bonds is 6. The second-order valence-electron chi connectivity index (χ2n) is 8.72. The lowest BCUT2D eigenvalue weighted by atomic mass is 10.1. The molecule has 0 unspecified atom stereocenters. The van der Waals surface area contributed by atoms with Crippen LogP contribution in [0.1, 0.15) is 29.8 Å². The molecule has 0 aliphatic rings. The minimum Gasteiger partial charge on any atom is -0.465 e. The summed E-state index contributed by atoms with van der Waals surface area (Å²) in [6, 6.07) is 22.1. The summed E-state index contributed by atoms with van der Waals surface area (Å²) in [5, 5.41) is 5.90. The van der Waals surface area contributed by atoms with E-state index in [9.17, 15) is 4.79 Å². The molecule has 2 aromatic heterocycles. The minimum atomic E-state index is -0.359. The summed E-state index contributed by atoms with van der Waals surface area (Å²) in [6.45, 7) is 5.93. The highest BCUT2D eigenvalue weighted by molar-refractivity contribution is 5.94. The van der Waals surface area contributed by atoms with Gasteiger partial charge in [-0.15, -0.1) is 0 Å². The zero-order valence-electron chi connectivity index (χ0n) is 19.0. The fraction of sp³-hybridized carbons (Fsp3) is 0.222. The van der Waals surface area contributed by atoms with Gasteiger partial charge in [-0.1, -0.05) is 56.3 Å². The van der Waals surface area contributed by atoms with Crippen molar-refractivity contribution in [1.82, 2.24) is 19.3 Å². The van der Waals surface area contributed by atoms with Crippen LogP contribution in [0.15, 0.2) is 72.9 Å². The van der Waals surface area contributed by atoms with E-state index in [1.54, 1.807) is 12.1 Å². The van der Waals surface area contributed by atoms with Crippen molar-refractivity contribution < 1.29 is 9.53 Å². The molecule has 0 radical (unpaired) electrons. The number of hydrogen-bond acceptors (Lipinski definition) is 4. The normalized spacial score (nSPS) is 11.5. The third-order valence-electron chi connectivity index (χ3n) is 5.72. The number of imidazole rings is 1. The van der Waals surface area contributed by atoms with Gasteiger partial charge < -0.3 is 9.30 Å². The van der Waals surface area contributed by atoms with Crippen molar-refractivity contribution in [2.24, 2.45) is 5.92 Å². The first-order valence-corrected chi connectivity index (χ1v) is 11.1. The number of benzene rings is 3. The van der Waals surface area contributed by atoms with Crippen molar-refractivity contribution in [3.05, 3.63) is 84.1 Å². The third kappa shape index (κ3) is 4.12. The molecule has 0 spiro atoms. The molecule has 0 atom stereocenters. The van der Waals surface area contributed by atoms with Crippen LogP contribution in [0.2, 0.25) is 0 Å². The molecule has 0 amide bonds. The number of hydrogen-bond donors (Lipinski definition) is 0. The van der Waals surface area contributed by atoms with Gasteiger partial charge in [0.1, 0.15) is 5.82 Å². The molecule has 0 aliphatic carbocycles. The van der Waals surface area contributed by atoms with Gasteiger partial charge in [-0.05, 0) is 35.7 Å². The predicted octanol–water partition coefficient (Wildman–Crippen LogP) is 5.54. The number of nitrogens with zero attached hydrogens (tertiary/aromatic N) is 4. The van der Waals surface area contributed by atoms with E-state index in [-0.39, 0.29) is 5.97 Å². The summed E-state index contributed by atoms with van der Waals surface area (Å²) < 4.78 is 9.08. The molecular weight excluding hydrogens is 412 g/mol. The van der Waals surface area contributed by atoms with Crippen molar-refractivity contribution in [3.8, 4) is 11.4 Å². The lowest BCUT2D eigenvalue weighted by molar-refractivity contribution is 0.0601. The third-order valence-corrected chi connectivity index (χ3v) is 5.72. The fourth-order valence-electron chi connectivity index (χ4n) is 4.20. The SMILES string of the molecule is COC(=O)c1ccc2c(c1)nc(-c1ccc3cn(Cc4ccccc4)nc3c1)n2CC(C)C. The van der Waals surface area contributed by atoms with Crippen LogP contribution in [0.3, 0.4) is 0 Å². The topological polar surface area (TPSA) is 61.9 Å². The van der Waals surface area contributed by atoms with E-state index in [4.69, 9.17) is 14.8 Å². The molecule has 0 bridgehead atoms. The highest BCUT2D eigenvalue weighted by Gasteiger charge is 2.17. The molecule has 0 N–H and O–H groups in total. The van der Waals surface area contributed by atoms with Crippen LogP contribution < -0.4 is 0 Å². The lowest BCUT2D eigenvalue weighted by Crippen LogP contribution is -2.06. The second-order valence-corrected chi connectivity index (χ2v) is 8.72. The van der Waals surface area contributed by atoms with E-state index >= 15 is 0 Å². The first-order valence-electron chi connectivity index (χ1n) is 11.1. The first-order chi connectivity index (χ1) is 16.0. The summed E-state index contributed by atoms with van der Waals surface area (Å²) in [6.07, 6.45) is 2.08. The number of carbonyl (C=O) groups excluding carboxylic acids is 1. The minimum absolute atomic E-state index is 0.359. The molecule has 166 valence electrons. The summed E-state index contributed by atoms with van der Waals surface area (Å²) >= 11 is 0. The summed E-state index contributed by atoms with van der Waals surface area (Å²) in [5.41, 5.74) is 5.43. The van der Waals surface area contributed by atoms with Gasteiger partial charge in [-0.25, -0.2) is 9.78 Å². The van der Waals surface area contributed by atoms with Gasteiger partial charge in [0.2, 0.25) is 0 Å². The number of methoxy groups -OCH3 is 1. The Morgan fingerprint density at radius 2 is 1.82 bits per heavy atom.